The molecule has 6 nitrogen and oxygen atoms in total. The van der Waals surface area contributed by atoms with Crippen molar-refractivity contribution >= 4 is 16.8 Å². The third kappa shape index (κ3) is 4.24. The lowest BCUT2D eigenvalue weighted by atomic mass is 9.79. The minimum absolute atomic E-state index is 0.159. The molecule has 2 unspecified atom stereocenters. The molecule has 0 aliphatic heterocycles. The highest BCUT2D eigenvalue weighted by Gasteiger charge is 2.32. The van der Waals surface area contributed by atoms with Crippen molar-refractivity contribution in [3.05, 3.63) is 71.4 Å². The fourth-order valence-electron chi connectivity index (χ4n) is 3.97. The van der Waals surface area contributed by atoms with Gasteiger partial charge in [-0.05, 0) is 29.2 Å². The third-order valence-corrected chi connectivity index (χ3v) is 5.68. The molecule has 0 spiro atoms. The van der Waals surface area contributed by atoms with E-state index in [-0.39, 0.29) is 5.92 Å². The van der Waals surface area contributed by atoms with Gasteiger partial charge in [0.2, 0.25) is 0 Å². The van der Waals surface area contributed by atoms with E-state index in [1.165, 1.54) is 22.0 Å². The average molecular weight is 402 g/mol. The summed E-state index contributed by atoms with van der Waals surface area (Å²) in [4.78, 5) is 17.3. The number of H-pyrrole nitrogens is 1. The van der Waals surface area contributed by atoms with Crippen molar-refractivity contribution in [1.82, 2.24) is 15.4 Å². The molecule has 3 aromatic rings. The molecule has 0 fully saturated rings. The standard InChI is InChI=1S/C24H26N4O2/c25-12-14-28(13-11-19-15-26-23-4-2-1-3-21(19)23)16-17-5-7-18(8-6-17)20-9-10-22(20)24(29)27-30/h1-8,15,20,22,26,30H,11-14,16,25H2,(H,27,29). The van der Waals surface area contributed by atoms with Gasteiger partial charge in [0.25, 0.3) is 5.91 Å². The molecule has 154 valence electrons. The number of nitrogens with two attached hydrogens (primary N) is 1. The second-order valence-electron chi connectivity index (χ2n) is 7.64. The first-order valence-corrected chi connectivity index (χ1v) is 10.2. The molecule has 2 atom stereocenters. The van der Waals surface area contributed by atoms with Crippen LogP contribution in [0.3, 0.4) is 0 Å². The fourth-order valence-corrected chi connectivity index (χ4v) is 3.97. The first-order chi connectivity index (χ1) is 14.7. The predicted molar refractivity (Wildman–Crippen MR) is 117 cm³/mol. The van der Waals surface area contributed by atoms with Gasteiger partial charge in [0.1, 0.15) is 5.92 Å². The summed E-state index contributed by atoms with van der Waals surface area (Å²) in [5.74, 6) is 4.72. The molecule has 1 aliphatic rings. The fraction of sp³-hybridized carbons (Fsp3) is 0.292. The zero-order valence-corrected chi connectivity index (χ0v) is 16.8. The van der Waals surface area contributed by atoms with E-state index in [4.69, 9.17) is 10.9 Å². The number of nitrogens with one attached hydrogen (secondary N) is 2. The summed E-state index contributed by atoms with van der Waals surface area (Å²) in [6.07, 6.45) is 3.05. The summed E-state index contributed by atoms with van der Waals surface area (Å²) in [6.45, 7) is 3.18. The number of amides is 1. The van der Waals surface area contributed by atoms with Crippen molar-refractivity contribution in [2.45, 2.75) is 18.9 Å². The van der Waals surface area contributed by atoms with Crippen LogP contribution in [0.5, 0.6) is 0 Å². The van der Waals surface area contributed by atoms with Gasteiger partial charge in [-0.3, -0.25) is 14.9 Å². The molecule has 2 aromatic carbocycles. The lowest BCUT2D eigenvalue weighted by Gasteiger charge is -2.24. The Morgan fingerprint density at radius 1 is 1.13 bits per heavy atom. The average Bonchev–Trinajstić information content (AvgIpc) is 3.16. The van der Waals surface area contributed by atoms with E-state index in [0.29, 0.717) is 6.54 Å². The molecule has 30 heavy (non-hydrogen) atoms. The summed E-state index contributed by atoms with van der Waals surface area (Å²) in [6, 6.07) is 16.6. The molecule has 0 bridgehead atoms. The normalized spacial score (nSPS) is 17.4. The number of para-hydroxylation sites is 1. The number of rotatable bonds is 9. The SMILES string of the molecule is NCCN(CCc1c[nH]c2ccccc12)Cc1ccc(C2C#CC2C(=O)NO)cc1. The van der Waals surface area contributed by atoms with Crippen molar-refractivity contribution < 1.29 is 10.0 Å². The molecule has 6 heteroatoms. The van der Waals surface area contributed by atoms with E-state index in [9.17, 15) is 4.79 Å². The number of fused-ring (bicyclic) bond motifs is 1. The summed E-state index contributed by atoms with van der Waals surface area (Å²) < 4.78 is 0. The van der Waals surface area contributed by atoms with Crippen LogP contribution >= 0.6 is 0 Å². The van der Waals surface area contributed by atoms with Crippen LogP contribution in [0.25, 0.3) is 10.9 Å². The molecular weight excluding hydrogens is 376 g/mol. The number of hydrogen-bond donors (Lipinski definition) is 4. The highest BCUT2D eigenvalue weighted by Crippen LogP contribution is 2.30. The molecule has 5 N–H and O–H groups in total. The Balaban J connectivity index is 1.38. The smallest absolute Gasteiger partial charge is 0.260 e. The zero-order valence-electron chi connectivity index (χ0n) is 16.8. The van der Waals surface area contributed by atoms with E-state index in [2.05, 4.69) is 58.3 Å². The Bertz CT molecular complexity index is 1080. The third-order valence-electron chi connectivity index (χ3n) is 5.68. The van der Waals surface area contributed by atoms with Crippen molar-refractivity contribution in [1.29, 1.82) is 0 Å². The minimum atomic E-state index is -0.481. The number of hydrogen-bond acceptors (Lipinski definition) is 4. The highest BCUT2D eigenvalue weighted by atomic mass is 16.5. The molecule has 1 amide bonds. The van der Waals surface area contributed by atoms with Crippen molar-refractivity contribution in [3.8, 4) is 11.8 Å². The summed E-state index contributed by atoms with van der Waals surface area (Å²) in [7, 11) is 0. The number of benzene rings is 2. The monoisotopic (exact) mass is 402 g/mol. The van der Waals surface area contributed by atoms with Crippen LogP contribution in [0.1, 0.15) is 22.6 Å². The molecule has 4 rings (SSSR count). The molecule has 0 saturated heterocycles. The van der Waals surface area contributed by atoms with Gasteiger partial charge in [0.15, 0.2) is 0 Å². The Morgan fingerprint density at radius 2 is 1.93 bits per heavy atom. The Kier molecular flexibility index (Phi) is 6.15. The molecule has 0 saturated carbocycles. The van der Waals surface area contributed by atoms with Gasteiger partial charge in [-0.15, -0.1) is 0 Å². The zero-order chi connectivity index (χ0) is 20.9. The maximum atomic E-state index is 11.6. The van der Waals surface area contributed by atoms with E-state index in [1.807, 2.05) is 18.2 Å². The van der Waals surface area contributed by atoms with Gasteiger partial charge in [-0.1, -0.05) is 54.3 Å². The maximum Gasteiger partial charge on any atom is 0.260 e. The van der Waals surface area contributed by atoms with Crippen molar-refractivity contribution in [2.24, 2.45) is 11.7 Å². The highest BCUT2D eigenvalue weighted by molar-refractivity contribution is 5.84. The minimum Gasteiger partial charge on any atom is -0.361 e. The first kappa shape index (κ1) is 20.2. The quantitative estimate of drug-likeness (QED) is 0.251. The Morgan fingerprint density at radius 3 is 2.63 bits per heavy atom. The lowest BCUT2D eigenvalue weighted by Crippen LogP contribution is -2.34. The Hall–Kier alpha value is -3.11. The van der Waals surface area contributed by atoms with Crippen LogP contribution < -0.4 is 11.2 Å². The number of hydroxylamine groups is 1. The second kappa shape index (κ2) is 9.14. The molecule has 1 aliphatic carbocycles. The number of carbonyl (C=O) groups is 1. The molecule has 1 aromatic heterocycles. The first-order valence-electron chi connectivity index (χ1n) is 10.2. The van der Waals surface area contributed by atoms with E-state index in [1.54, 1.807) is 5.48 Å². The van der Waals surface area contributed by atoms with Gasteiger partial charge in [-0.25, -0.2) is 5.48 Å². The van der Waals surface area contributed by atoms with Crippen LogP contribution in [-0.4, -0.2) is 40.6 Å². The predicted octanol–water partition coefficient (Wildman–Crippen LogP) is 2.39. The van der Waals surface area contributed by atoms with Gasteiger partial charge in [-0.2, -0.15) is 0 Å². The van der Waals surface area contributed by atoms with Crippen molar-refractivity contribution in [2.75, 3.05) is 19.6 Å². The molecule has 1 heterocycles. The van der Waals surface area contributed by atoms with E-state index < -0.39 is 11.8 Å². The molecule has 0 radical (unpaired) electrons. The van der Waals surface area contributed by atoms with E-state index >= 15 is 0 Å². The van der Waals surface area contributed by atoms with Crippen LogP contribution in [0.2, 0.25) is 0 Å². The van der Waals surface area contributed by atoms with Crippen molar-refractivity contribution in [3.63, 3.8) is 0 Å². The summed E-state index contributed by atoms with van der Waals surface area (Å²) in [5, 5.41) is 10.1. The number of aromatic nitrogens is 1. The largest absolute Gasteiger partial charge is 0.361 e. The summed E-state index contributed by atoms with van der Waals surface area (Å²) in [5.41, 5.74) is 12.2. The number of aromatic amines is 1. The van der Waals surface area contributed by atoms with Crippen LogP contribution in [0.4, 0.5) is 0 Å². The second-order valence-corrected chi connectivity index (χ2v) is 7.64. The number of nitrogens with zero attached hydrogens (tertiary/aromatic N) is 1. The van der Waals surface area contributed by atoms with Crippen LogP contribution in [0, 0.1) is 17.8 Å². The lowest BCUT2D eigenvalue weighted by molar-refractivity contribution is -0.132. The van der Waals surface area contributed by atoms with Gasteiger partial charge >= 0.3 is 0 Å². The van der Waals surface area contributed by atoms with Crippen LogP contribution in [-0.2, 0) is 17.8 Å². The van der Waals surface area contributed by atoms with Gasteiger partial charge < -0.3 is 10.7 Å². The summed E-state index contributed by atoms with van der Waals surface area (Å²) >= 11 is 0. The van der Waals surface area contributed by atoms with Gasteiger partial charge in [0.05, 0.1) is 5.92 Å². The Labute approximate surface area is 176 Å². The van der Waals surface area contributed by atoms with Crippen LogP contribution in [0.15, 0.2) is 54.7 Å². The maximum absolute atomic E-state index is 11.6. The number of carbonyl (C=O) groups excluding carboxylic acids is 1. The van der Waals surface area contributed by atoms with E-state index in [0.717, 1.165) is 31.6 Å². The topological polar surface area (TPSA) is 94.4 Å². The van der Waals surface area contributed by atoms with Gasteiger partial charge in [0, 0.05) is 43.3 Å². The molecular formula is C24H26N4O2.